The van der Waals surface area contributed by atoms with Crippen molar-refractivity contribution in [1.82, 2.24) is 4.98 Å². The van der Waals surface area contributed by atoms with Crippen molar-refractivity contribution in [1.29, 1.82) is 0 Å². The fraction of sp³-hybridized carbons (Fsp3) is 0.471. The zero-order valence-electron chi connectivity index (χ0n) is 11.6. The van der Waals surface area contributed by atoms with E-state index in [0.29, 0.717) is 0 Å². The van der Waals surface area contributed by atoms with Crippen molar-refractivity contribution in [2.45, 2.75) is 45.1 Å². The molecule has 0 amide bonds. The first-order valence-corrected chi connectivity index (χ1v) is 7.30. The second-order valence-electron chi connectivity index (χ2n) is 6.11. The summed E-state index contributed by atoms with van der Waals surface area (Å²) in [7, 11) is 0. The summed E-state index contributed by atoms with van der Waals surface area (Å²) in [4.78, 5) is 4.55. The van der Waals surface area contributed by atoms with E-state index in [1.54, 1.807) is 0 Å². The summed E-state index contributed by atoms with van der Waals surface area (Å²) >= 11 is 0. The summed E-state index contributed by atoms with van der Waals surface area (Å²) in [6, 6.07) is 10.6. The van der Waals surface area contributed by atoms with Crippen LogP contribution >= 0.6 is 0 Å². The third kappa shape index (κ3) is 2.25. The van der Waals surface area contributed by atoms with Crippen LogP contribution in [0.25, 0.3) is 10.9 Å². The molecular formula is C17H22N2. The number of nitrogens with zero attached hydrogens (tertiary/aromatic N) is 1. The summed E-state index contributed by atoms with van der Waals surface area (Å²) in [6.45, 7) is 2.35. The van der Waals surface area contributed by atoms with Gasteiger partial charge < -0.3 is 5.73 Å². The molecule has 2 N–H and O–H groups in total. The number of hydrogen-bond acceptors (Lipinski definition) is 2. The molecule has 0 bridgehead atoms. The van der Waals surface area contributed by atoms with E-state index >= 15 is 0 Å². The van der Waals surface area contributed by atoms with Gasteiger partial charge in [0, 0.05) is 17.6 Å². The predicted octanol–water partition coefficient (Wildman–Crippen LogP) is 4.21. The Kier molecular flexibility index (Phi) is 3.28. The van der Waals surface area contributed by atoms with Gasteiger partial charge in [0.1, 0.15) is 0 Å². The molecule has 1 atom stereocenters. The van der Waals surface area contributed by atoms with Crippen molar-refractivity contribution in [2.24, 2.45) is 11.1 Å². The van der Waals surface area contributed by atoms with Crippen LogP contribution in [0.3, 0.4) is 0 Å². The molecule has 0 radical (unpaired) electrons. The van der Waals surface area contributed by atoms with Crippen LogP contribution in [0.2, 0.25) is 0 Å². The minimum atomic E-state index is 0.0893. The molecule has 2 nitrogen and oxygen atoms in total. The van der Waals surface area contributed by atoms with Gasteiger partial charge >= 0.3 is 0 Å². The summed E-state index contributed by atoms with van der Waals surface area (Å²) in [5.41, 5.74) is 9.14. The van der Waals surface area contributed by atoms with Crippen molar-refractivity contribution < 1.29 is 0 Å². The number of benzene rings is 1. The van der Waals surface area contributed by atoms with Crippen LogP contribution < -0.4 is 5.73 Å². The Bertz CT molecular complexity index is 565. The third-order valence-corrected chi connectivity index (χ3v) is 4.75. The molecule has 2 heteroatoms. The Morgan fingerprint density at radius 1 is 1.11 bits per heavy atom. The number of hydrogen-bond donors (Lipinski definition) is 1. The fourth-order valence-electron chi connectivity index (χ4n) is 3.42. The Balaban J connectivity index is 2.03. The topological polar surface area (TPSA) is 38.9 Å². The van der Waals surface area contributed by atoms with Gasteiger partial charge in [-0.1, -0.05) is 50.5 Å². The molecule has 0 aliphatic heterocycles. The number of fused-ring (bicyclic) bond motifs is 1. The molecule has 0 spiro atoms. The molecule has 1 heterocycles. The third-order valence-electron chi connectivity index (χ3n) is 4.75. The van der Waals surface area contributed by atoms with E-state index in [2.05, 4.69) is 36.2 Å². The van der Waals surface area contributed by atoms with Gasteiger partial charge in [-0.05, 0) is 29.9 Å². The van der Waals surface area contributed by atoms with Crippen LogP contribution in [0.4, 0.5) is 0 Å². The molecule has 1 aliphatic rings. The Morgan fingerprint density at radius 3 is 2.63 bits per heavy atom. The molecule has 0 saturated heterocycles. The zero-order chi connectivity index (χ0) is 13.3. The molecule has 1 aliphatic carbocycles. The van der Waals surface area contributed by atoms with Crippen molar-refractivity contribution in [2.75, 3.05) is 0 Å². The first kappa shape index (κ1) is 12.6. The number of rotatable bonds is 2. The van der Waals surface area contributed by atoms with Crippen LogP contribution in [0, 0.1) is 5.41 Å². The van der Waals surface area contributed by atoms with Gasteiger partial charge in [-0.3, -0.25) is 4.98 Å². The SMILES string of the molecule is CC1(C(N)c2cccc3cccnc23)CCCCC1. The summed E-state index contributed by atoms with van der Waals surface area (Å²) < 4.78 is 0. The Labute approximate surface area is 115 Å². The number of nitrogens with two attached hydrogens (primary N) is 1. The summed E-state index contributed by atoms with van der Waals surface area (Å²) in [6.07, 6.45) is 8.30. The minimum absolute atomic E-state index is 0.0893. The zero-order valence-corrected chi connectivity index (χ0v) is 11.6. The van der Waals surface area contributed by atoms with Crippen LogP contribution in [0.15, 0.2) is 36.5 Å². The number of aromatic nitrogens is 1. The molecule has 2 aromatic rings. The second kappa shape index (κ2) is 4.93. The fourth-order valence-corrected chi connectivity index (χ4v) is 3.42. The maximum absolute atomic E-state index is 6.63. The minimum Gasteiger partial charge on any atom is -0.323 e. The average molecular weight is 254 g/mol. The van der Waals surface area contributed by atoms with Gasteiger partial charge in [-0.15, -0.1) is 0 Å². The average Bonchev–Trinajstić information content (AvgIpc) is 2.47. The molecule has 1 unspecified atom stereocenters. The highest BCUT2D eigenvalue weighted by Crippen LogP contribution is 2.45. The monoisotopic (exact) mass is 254 g/mol. The highest BCUT2D eigenvalue weighted by molar-refractivity contribution is 5.82. The van der Waals surface area contributed by atoms with E-state index in [9.17, 15) is 0 Å². The highest BCUT2D eigenvalue weighted by atomic mass is 14.7. The Hall–Kier alpha value is -1.41. The summed E-state index contributed by atoms with van der Waals surface area (Å²) in [5, 5.41) is 1.19. The van der Waals surface area contributed by atoms with Gasteiger partial charge in [0.05, 0.1) is 5.52 Å². The van der Waals surface area contributed by atoms with Gasteiger partial charge in [0.15, 0.2) is 0 Å². The maximum atomic E-state index is 6.63. The normalized spacial score (nSPS) is 20.3. The lowest BCUT2D eigenvalue weighted by Crippen LogP contribution is -2.34. The van der Waals surface area contributed by atoms with E-state index < -0.39 is 0 Å². The van der Waals surface area contributed by atoms with Crippen molar-refractivity contribution in [3.05, 3.63) is 42.1 Å². The lowest BCUT2D eigenvalue weighted by Gasteiger charge is -2.39. The van der Waals surface area contributed by atoms with Crippen LogP contribution in [-0.4, -0.2) is 4.98 Å². The van der Waals surface area contributed by atoms with E-state index in [-0.39, 0.29) is 11.5 Å². The predicted molar refractivity (Wildman–Crippen MR) is 79.9 cm³/mol. The first-order valence-electron chi connectivity index (χ1n) is 7.30. The van der Waals surface area contributed by atoms with E-state index in [0.717, 1.165) is 5.52 Å². The quantitative estimate of drug-likeness (QED) is 0.872. The first-order chi connectivity index (χ1) is 9.21. The summed E-state index contributed by atoms with van der Waals surface area (Å²) in [5.74, 6) is 0. The van der Waals surface area contributed by atoms with Crippen LogP contribution in [0.5, 0.6) is 0 Å². The maximum Gasteiger partial charge on any atom is 0.0749 e. The largest absolute Gasteiger partial charge is 0.323 e. The van der Waals surface area contributed by atoms with Crippen molar-refractivity contribution in [3.63, 3.8) is 0 Å². The lowest BCUT2D eigenvalue weighted by atomic mass is 9.69. The molecule has 1 fully saturated rings. The molecule has 1 saturated carbocycles. The molecule has 19 heavy (non-hydrogen) atoms. The molecular weight excluding hydrogens is 232 g/mol. The smallest absolute Gasteiger partial charge is 0.0749 e. The molecule has 100 valence electrons. The van der Waals surface area contributed by atoms with E-state index in [1.165, 1.54) is 43.1 Å². The van der Waals surface area contributed by atoms with Crippen molar-refractivity contribution >= 4 is 10.9 Å². The number of pyridine rings is 1. The number of para-hydroxylation sites is 1. The van der Waals surface area contributed by atoms with E-state index in [1.807, 2.05) is 12.3 Å². The van der Waals surface area contributed by atoms with E-state index in [4.69, 9.17) is 5.73 Å². The van der Waals surface area contributed by atoms with Crippen LogP contribution in [0.1, 0.15) is 50.6 Å². The molecule has 1 aromatic carbocycles. The second-order valence-corrected chi connectivity index (χ2v) is 6.11. The Morgan fingerprint density at radius 2 is 1.84 bits per heavy atom. The molecule has 1 aromatic heterocycles. The highest BCUT2D eigenvalue weighted by Gasteiger charge is 2.34. The standard InChI is InChI=1S/C17H22N2/c1-17(10-3-2-4-11-17)16(18)14-9-5-7-13-8-6-12-19-15(13)14/h5-9,12,16H,2-4,10-11,18H2,1H3. The van der Waals surface area contributed by atoms with Gasteiger partial charge in [-0.25, -0.2) is 0 Å². The van der Waals surface area contributed by atoms with Gasteiger partial charge in [0.25, 0.3) is 0 Å². The molecule has 3 rings (SSSR count). The van der Waals surface area contributed by atoms with Gasteiger partial charge in [0.2, 0.25) is 0 Å². The van der Waals surface area contributed by atoms with Crippen molar-refractivity contribution in [3.8, 4) is 0 Å². The van der Waals surface area contributed by atoms with Gasteiger partial charge in [-0.2, -0.15) is 0 Å². The lowest BCUT2D eigenvalue weighted by molar-refractivity contribution is 0.171. The van der Waals surface area contributed by atoms with Crippen LogP contribution in [-0.2, 0) is 0 Å².